The fourth-order valence-electron chi connectivity index (χ4n) is 1.35. The zero-order valence-corrected chi connectivity index (χ0v) is 11.9. The summed E-state index contributed by atoms with van der Waals surface area (Å²) in [5.74, 6) is -0.441. The maximum Gasteiger partial charge on any atom is 0.256 e. The lowest BCUT2D eigenvalue weighted by Crippen LogP contribution is -2.11. The Morgan fingerprint density at radius 1 is 1.41 bits per heavy atom. The van der Waals surface area contributed by atoms with Crippen LogP contribution < -0.4 is 5.32 Å². The van der Waals surface area contributed by atoms with Crippen molar-refractivity contribution in [3.05, 3.63) is 49.5 Å². The van der Waals surface area contributed by atoms with Crippen LogP contribution in [-0.4, -0.2) is 5.91 Å². The van der Waals surface area contributed by atoms with Gasteiger partial charge in [0.2, 0.25) is 0 Å². The number of amides is 1. The number of hydrogen-bond acceptors (Lipinski definition) is 2. The van der Waals surface area contributed by atoms with Gasteiger partial charge in [0.25, 0.3) is 5.91 Å². The molecule has 2 aromatic rings. The van der Waals surface area contributed by atoms with E-state index in [0.29, 0.717) is 16.8 Å². The van der Waals surface area contributed by atoms with Gasteiger partial charge in [-0.05, 0) is 59.3 Å². The summed E-state index contributed by atoms with van der Waals surface area (Å²) in [6.45, 7) is 1.67. The highest BCUT2D eigenvalue weighted by molar-refractivity contribution is 14.1. The molecule has 0 spiro atoms. The summed E-state index contributed by atoms with van der Waals surface area (Å²) in [5, 5.41) is 4.54. The molecular weight excluding hydrogens is 352 g/mol. The Morgan fingerprint density at radius 3 is 2.76 bits per heavy atom. The van der Waals surface area contributed by atoms with Crippen LogP contribution in [-0.2, 0) is 0 Å². The molecule has 0 aliphatic heterocycles. The molecular formula is C12H9FINOS. The first-order valence-electron chi connectivity index (χ1n) is 4.88. The molecule has 17 heavy (non-hydrogen) atoms. The number of anilines is 1. The summed E-state index contributed by atoms with van der Waals surface area (Å²) in [7, 11) is 0. The normalized spacial score (nSPS) is 10.3. The van der Waals surface area contributed by atoms with E-state index in [1.165, 1.54) is 17.4 Å². The van der Waals surface area contributed by atoms with Gasteiger partial charge >= 0.3 is 0 Å². The van der Waals surface area contributed by atoms with Gasteiger partial charge in [0.1, 0.15) is 5.82 Å². The van der Waals surface area contributed by atoms with Crippen LogP contribution in [0.25, 0.3) is 0 Å². The fourth-order valence-corrected chi connectivity index (χ4v) is 2.68. The Balaban J connectivity index is 2.15. The van der Waals surface area contributed by atoms with Crippen molar-refractivity contribution in [1.82, 2.24) is 0 Å². The number of nitrogens with one attached hydrogen (secondary N) is 1. The molecule has 2 rings (SSSR count). The Kier molecular flexibility index (Phi) is 3.78. The molecule has 2 nitrogen and oxygen atoms in total. The van der Waals surface area contributed by atoms with E-state index in [0.717, 1.165) is 2.88 Å². The highest BCUT2D eigenvalue weighted by Crippen LogP contribution is 2.19. The van der Waals surface area contributed by atoms with Crippen molar-refractivity contribution in [3.8, 4) is 0 Å². The summed E-state index contributed by atoms with van der Waals surface area (Å²) >= 11 is 3.68. The average molecular weight is 361 g/mol. The quantitative estimate of drug-likeness (QED) is 0.804. The van der Waals surface area contributed by atoms with Crippen molar-refractivity contribution in [2.75, 3.05) is 5.32 Å². The number of carbonyl (C=O) groups excluding carboxylic acids is 1. The molecule has 1 amide bonds. The van der Waals surface area contributed by atoms with E-state index >= 15 is 0 Å². The summed E-state index contributed by atoms with van der Waals surface area (Å²) in [6.07, 6.45) is 0. The summed E-state index contributed by atoms with van der Waals surface area (Å²) in [5.41, 5.74) is 1.75. The van der Waals surface area contributed by atoms with E-state index in [2.05, 4.69) is 27.9 Å². The van der Waals surface area contributed by atoms with Crippen LogP contribution >= 0.6 is 33.9 Å². The number of thiophene rings is 1. The van der Waals surface area contributed by atoms with Gasteiger partial charge in [-0.3, -0.25) is 4.79 Å². The molecule has 0 aliphatic carbocycles. The molecule has 0 atom stereocenters. The molecule has 0 saturated carbocycles. The van der Waals surface area contributed by atoms with Crippen molar-refractivity contribution in [2.45, 2.75) is 6.92 Å². The van der Waals surface area contributed by atoms with Crippen LogP contribution in [0.5, 0.6) is 0 Å². The zero-order valence-electron chi connectivity index (χ0n) is 8.96. The van der Waals surface area contributed by atoms with E-state index in [1.54, 1.807) is 24.4 Å². The summed E-state index contributed by atoms with van der Waals surface area (Å²) in [6, 6.07) is 6.33. The second-order valence-electron chi connectivity index (χ2n) is 3.56. The molecule has 0 radical (unpaired) electrons. The van der Waals surface area contributed by atoms with Gasteiger partial charge in [0, 0.05) is 11.1 Å². The van der Waals surface area contributed by atoms with Crippen LogP contribution in [0.3, 0.4) is 0 Å². The Morgan fingerprint density at radius 2 is 2.18 bits per heavy atom. The predicted octanol–water partition coefficient (Wildman–Crippen LogP) is 4.05. The third kappa shape index (κ3) is 3.04. The molecule has 88 valence electrons. The maximum absolute atomic E-state index is 13.1. The van der Waals surface area contributed by atoms with Crippen LogP contribution in [0.15, 0.2) is 29.6 Å². The predicted molar refractivity (Wildman–Crippen MR) is 76.1 cm³/mol. The number of benzene rings is 1. The highest BCUT2D eigenvalue weighted by Gasteiger charge is 2.08. The van der Waals surface area contributed by atoms with Crippen LogP contribution in [0.4, 0.5) is 10.1 Å². The molecule has 0 unspecified atom stereocenters. The van der Waals surface area contributed by atoms with E-state index in [9.17, 15) is 9.18 Å². The standard InChI is InChI=1S/C12H9FINOS/c1-7-4-9(2-3-10(7)13)15-12(16)8-5-11(14)17-6-8/h2-6H,1H3,(H,15,16). The smallest absolute Gasteiger partial charge is 0.256 e. The van der Waals surface area contributed by atoms with Gasteiger partial charge in [-0.15, -0.1) is 11.3 Å². The monoisotopic (exact) mass is 361 g/mol. The lowest BCUT2D eigenvalue weighted by Gasteiger charge is -2.05. The molecule has 0 bridgehead atoms. The zero-order chi connectivity index (χ0) is 12.4. The number of hydrogen-bond donors (Lipinski definition) is 1. The number of carbonyl (C=O) groups is 1. The molecule has 1 N–H and O–H groups in total. The second-order valence-corrected chi connectivity index (χ2v) is 6.36. The largest absolute Gasteiger partial charge is 0.322 e. The van der Waals surface area contributed by atoms with Gasteiger partial charge < -0.3 is 5.32 Å². The van der Waals surface area contributed by atoms with E-state index in [1.807, 2.05) is 6.07 Å². The summed E-state index contributed by atoms with van der Waals surface area (Å²) in [4.78, 5) is 11.8. The lowest BCUT2D eigenvalue weighted by atomic mass is 10.2. The minimum Gasteiger partial charge on any atom is -0.322 e. The van der Waals surface area contributed by atoms with Crippen molar-refractivity contribution in [1.29, 1.82) is 0 Å². The van der Waals surface area contributed by atoms with Crippen molar-refractivity contribution in [3.63, 3.8) is 0 Å². The number of aryl methyl sites for hydroxylation is 1. The fraction of sp³-hybridized carbons (Fsp3) is 0.0833. The topological polar surface area (TPSA) is 29.1 Å². The number of rotatable bonds is 2. The third-order valence-corrected chi connectivity index (χ3v) is 4.03. The van der Waals surface area contributed by atoms with Crippen LogP contribution in [0, 0.1) is 15.6 Å². The minimum atomic E-state index is -0.270. The van der Waals surface area contributed by atoms with E-state index in [4.69, 9.17) is 0 Å². The molecule has 1 heterocycles. The highest BCUT2D eigenvalue weighted by atomic mass is 127. The SMILES string of the molecule is Cc1cc(NC(=O)c2csc(I)c2)ccc1F. The average Bonchev–Trinajstić information content (AvgIpc) is 2.70. The Bertz CT molecular complexity index is 567. The van der Waals surface area contributed by atoms with Gasteiger partial charge in [-0.1, -0.05) is 0 Å². The Labute approximate surface area is 116 Å². The molecule has 0 fully saturated rings. The van der Waals surface area contributed by atoms with Crippen molar-refractivity contribution >= 4 is 45.5 Å². The van der Waals surface area contributed by atoms with Crippen molar-refractivity contribution < 1.29 is 9.18 Å². The van der Waals surface area contributed by atoms with Gasteiger partial charge in [0.05, 0.1) is 8.45 Å². The van der Waals surface area contributed by atoms with Gasteiger partial charge in [-0.2, -0.15) is 0 Å². The van der Waals surface area contributed by atoms with E-state index in [-0.39, 0.29) is 11.7 Å². The van der Waals surface area contributed by atoms with Crippen LogP contribution in [0.1, 0.15) is 15.9 Å². The summed E-state index contributed by atoms with van der Waals surface area (Å²) < 4.78 is 14.1. The minimum absolute atomic E-state index is 0.171. The third-order valence-electron chi connectivity index (χ3n) is 2.25. The van der Waals surface area contributed by atoms with Gasteiger partial charge in [-0.25, -0.2) is 4.39 Å². The second kappa shape index (κ2) is 5.14. The molecule has 0 saturated heterocycles. The van der Waals surface area contributed by atoms with Gasteiger partial charge in [0.15, 0.2) is 0 Å². The maximum atomic E-state index is 13.1. The lowest BCUT2D eigenvalue weighted by molar-refractivity contribution is 0.102. The Hall–Kier alpha value is -0.950. The molecule has 1 aromatic heterocycles. The molecule has 5 heteroatoms. The first-order valence-corrected chi connectivity index (χ1v) is 6.83. The first-order chi connectivity index (χ1) is 8.06. The van der Waals surface area contributed by atoms with Crippen LogP contribution in [0.2, 0.25) is 0 Å². The first kappa shape index (κ1) is 12.5. The van der Waals surface area contributed by atoms with Crippen molar-refractivity contribution in [2.24, 2.45) is 0 Å². The van der Waals surface area contributed by atoms with E-state index < -0.39 is 0 Å². The molecule has 1 aromatic carbocycles. The molecule has 0 aliphatic rings. The number of halogens is 2.